The summed E-state index contributed by atoms with van der Waals surface area (Å²) in [6.07, 6.45) is 5.65. The molecule has 23 heavy (non-hydrogen) atoms. The number of hydrogen-bond acceptors (Lipinski definition) is 2. The Morgan fingerprint density at radius 3 is 2.43 bits per heavy atom. The highest BCUT2D eigenvalue weighted by Crippen LogP contribution is 2.21. The monoisotopic (exact) mass is 319 g/mol. The van der Waals surface area contributed by atoms with Crippen LogP contribution >= 0.6 is 0 Å². The van der Waals surface area contributed by atoms with Gasteiger partial charge >= 0.3 is 0 Å². The zero-order chi connectivity index (χ0) is 16.2. The maximum absolute atomic E-state index is 10.7. The summed E-state index contributed by atoms with van der Waals surface area (Å²) in [7, 11) is 0. The van der Waals surface area contributed by atoms with Crippen LogP contribution < -0.4 is 9.80 Å². The van der Waals surface area contributed by atoms with Crippen molar-refractivity contribution in [3.05, 3.63) is 39.9 Å². The van der Waals surface area contributed by atoms with Crippen molar-refractivity contribution in [1.82, 2.24) is 0 Å². The Balaban J connectivity index is 1.48. The summed E-state index contributed by atoms with van der Waals surface area (Å²) >= 11 is 0. The van der Waals surface area contributed by atoms with E-state index < -0.39 is 0 Å². The van der Waals surface area contributed by atoms with E-state index in [1.807, 2.05) is 17.0 Å². The third-order valence-electron chi connectivity index (χ3n) is 5.71. The van der Waals surface area contributed by atoms with Gasteiger partial charge in [-0.2, -0.15) is 0 Å². The lowest BCUT2D eigenvalue weighted by Crippen LogP contribution is -3.29. The van der Waals surface area contributed by atoms with Gasteiger partial charge < -0.3 is 9.80 Å². The van der Waals surface area contributed by atoms with E-state index in [2.05, 4.69) is 6.92 Å². The van der Waals surface area contributed by atoms with Gasteiger partial charge in [0.15, 0.2) is 0 Å². The molecule has 1 aliphatic heterocycles. The summed E-state index contributed by atoms with van der Waals surface area (Å²) in [5.74, 6) is 0.909. The number of quaternary nitrogens is 2. The minimum Gasteiger partial charge on any atom is -0.323 e. The van der Waals surface area contributed by atoms with Crippen LogP contribution in [0.25, 0.3) is 0 Å². The fourth-order valence-corrected chi connectivity index (χ4v) is 4.34. The highest BCUT2D eigenvalue weighted by Gasteiger charge is 2.32. The highest BCUT2D eigenvalue weighted by molar-refractivity contribution is 5.32. The first-order valence-corrected chi connectivity index (χ1v) is 9.03. The number of benzene rings is 1. The lowest BCUT2D eigenvalue weighted by Gasteiger charge is -2.37. The zero-order valence-electron chi connectivity index (χ0n) is 14.1. The molecule has 1 saturated carbocycles. The van der Waals surface area contributed by atoms with Crippen LogP contribution in [0, 0.1) is 16.0 Å². The summed E-state index contributed by atoms with van der Waals surface area (Å²) in [5, 5.41) is 10.7. The standard InChI is InChI=1S/C18H27N3O2/c1-15-3-2-4-18(13-15)20-11-9-19(10-12-20)14-16-5-7-17(8-6-16)21(22)23/h5-8,15,18H,2-4,9-14H2,1H3/p+2/t15-,18-/m1/s1. The molecule has 1 aliphatic carbocycles. The SMILES string of the molecule is C[C@@H]1CCC[C@@H]([NH+]2CC[NH+](Cc3ccc([N+](=O)[O-])cc3)CC2)C1. The Morgan fingerprint density at radius 2 is 1.83 bits per heavy atom. The van der Waals surface area contributed by atoms with Crippen molar-refractivity contribution in [2.45, 2.75) is 45.2 Å². The normalized spacial score (nSPS) is 31.7. The van der Waals surface area contributed by atoms with Crippen LogP contribution in [0.2, 0.25) is 0 Å². The van der Waals surface area contributed by atoms with E-state index in [9.17, 15) is 10.1 Å². The van der Waals surface area contributed by atoms with E-state index >= 15 is 0 Å². The molecule has 0 aromatic heterocycles. The Labute approximate surface area is 138 Å². The van der Waals surface area contributed by atoms with E-state index in [1.165, 1.54) is 57.4 Å². The second-order valence-electron chi connectivity index (χ2n) is 7.48. The number of hydrogen-bond donors (Lipinski definition) is 2. The molecule has 5 heteroatoms. The summed E-state index contributed by atoms with van der Waals surface area (Å²) < 4.78 is 0. The zero-order valence-corrected chi connectivity index (χ0v) is 14.1. The molecule has 5 nitrogen and oxygen atoms in total. The third-order valence-corrected chi connectivity index (χ3v) is 5.71. The van der Waals surface area contributed by atoms with Crippen molar-refractivity contribution < 1.29 is 14.7 Å². The number of nitro benzene ring substituents is 1. The summed E-state index contributed by atoms with van der Waals surface area (Å²) in [6.45, 7) is 8.39. The van der Waals surface area contributed by atoms with Gasteiger partial charge in [-0.25, -0.2) is 0 Å². The number of nitrogens with one attached hydrogen (secondary N) is 2. The lowest BCUT2D eigenvalue weighted by atomic mass is 9.86. The first-order chi connectivity index (χ1) is 11.1. The minimum atomic E-state index is -0.329. The van der Waals surface area contributed by atoms with Crippen molar-refractivity contribution in [2.75, 3.05) is 26.2 Å². The maximum Gasteiger partial charge on any atom is 0.269 e. The van der Waals surface area contributed by atoms with Crippen molar-refractivity contribution in [3.63, 3.8) is 0 Å². The fourth-order valence-electron chi connectivity index (χ4n) is 4.34. The van der Waals surface area contributed by atoms with Crippen molar-refractivity contribution in [1.29, 1.82) is 0 Å². The van der Waals surface area contributed by atoms with E-state index in [0.717, 1.165) is 18.5 Å². The number of rotatable bonds is 4. The van der Waals surface area contributed by atoms with Crippen LogP contribution in [0.1, 0.15) is 38.2 Å². The third kappa shape index (κ3) is 4.30. The Kier molecular flexibility index (Phi) is 5.28. The molecule has 2 aliphatic rings. The highest BCUT2D eigenvalue weighted by atomic mass is 16.6. The molecule has 0 amide bonds. The molecular weight excluding hydrogens is 290 g/mol. The van der Waals surface area contributed by atoms with E-state index in [4.69, 9.17) is 0 Å². The second kappa shape index (κ2) is 7.41. The van der Waals surface area contributed by atoms with Gasteiger partial charge in [0.25, 0.3) is 5.69 Å². The van der Waals surface area contributed by atoms with Crippen LogP contribution in [0.15, 0.2) is 24.3 Å². The van der Waals surface area contributed by atoms with Crippen molar-refractivity contribution >= 4 is 5.69 Å². The Hall–Kier alpha value is -1.46. The second-order valence-corrected chi connectivity index (χ2v) is 7.48. The Morgan fingerprint density at radius 1 is 1.13 bits per heavy atom. The first-order valence-electron chi connectivity index (χ1n) is 9.03. The minimum absolute atomic E-state index is 0.185. The van der Waals surface area contributed by atoms with E-state index in [-0.39, 0.29) is 10.6 Å². The van der Waals surface area contributed by atoms with Crippen LogP contribution in [0.5, 0.6) is 0 Å². The van der Waals surface area contributed by atoms with E-state index in [0.29, 0.717) is 0 Å². The van der Waals surface area contributed by atoms with Gasteiger partial charge in [0.1, 0.15) is 32.7 Å². The molecule has 3 rings (SSSR count). The average Bonchev–Trinajstić information content (AvgIpc) is 2.56. The topological polar surface area (TPSA) is 52.0 Å². The molecule has 2 N–H and O–H groups in total. The van der Waals surface area contributed by atoms with Gasteiger partial charge in [-0.15, -0.1) is 0 Å². The predicted octanol–water partition coefficient (Wildman–Crippen LogP) is 0.457. The summed E-state index contributed by atoms with van der Waals surface area (Å²) in [5.41, 5.74) is 1.39. The first kappa shape index (κ1) is 16.4. The molecular formula is C18H29N3O2+2. The van der Waals surface area contributed by atoms with Gasteiger partial charge in [0.2, 0.25) is 0 Å². The van der Waals surface area contributed by atoms with Gasteiger partial charge in [-0.1, -0.05) is 13.3 Å². The van der Waals surface area contributed by atoms with Gasteiger partial charge in [-0.05, 0) is 30.9 Å². The summed E-state index contributed by atoms with van der Waals surface area (Å²) in [4.78, 5) is 13.8. The fraction of sp³-hybridized carbons (Fsp3) is 0.667. The molecule has 1 heterocycles. The molecule has 1 saturated heterocycles. The Bertz CT molecular complexity index is 524. The molecule has 0 radical (unpaired) electrons. The molecule has 1 aromatic rings. The van der Waals surface area contributed by atoms with E-state index in [1.54, 1.807) is 17.0 Å². The lowest BCUT2D eigenvalue weighted by molar-refractivity contribution is -1.03. The molecule has 0 unspecified atom stereocenters. The largest absolute Gasteiger partial charge is 0.323 e. The summed E-state index contributed by atoms with van der Waals surface area (Å²) in [6, 6.07) is 7.96. The van der Waals surface area contributed by atoms with Crippen LogP contribution in [-0.4, -0.2) is 37.1 Å². The predicted molar refractivity (Wildman–Crippen MR) is 89.6 cm³/mol. The van der Waals surface area contributed by atoms with Crippen LogP contribution in [0.3, 0.4) is 0 Å². The van der Waals surface area contributed by atoms with Crippen LogP contribution in [0.4, 0.5) is 5.69 Å². The smallest absolute Gasteiger partial charge is 0.269 e. The number of nitro groups is 1. The molecule has 0 bridgehead atoms. The number of non-ortho nitro benzene ring substituents is 1. The molecule has 126 valence electrons. The average molecular weight is 319 g/mol. The van der Waals surface area contributed by atoms with Crippen molar-refractivity contribution in [3.8, 4) is 0 Å². The van der Waals surface area contributed by atoms with Crippen molar-refractivity contribution in [2.24, 2.45) is 5.92 Å². The molecule has 2 fully saturated rings. The molecule has 2 atom stereocenters. The quantitative estimate of drug-likeness (QED) is 0.626. The molecule has 0 spiro atoms. The maximum atomic E-state index is 10.7. The van der Waals surface area contributed by atoms with Gasteiger partial charge in [-0.3, -0.25) is 10.1 Å². The number of piperazine rings is 1. The molecule has 1 aromatic carbocycles. The van der Waals surface area contributed by atoms with Gasteiger partial charge in [0, 0.05) is 24.1 Å². The van der Waals surface area contributed by atoms with Crippen LogP contribution in [-0.2, 0) is 6.54 Å². The van der Waals surface area contributed by atoms with Gasteiger partial charge in [0.05, 0.1) is 11.0 Å². The number of nitrogens with zero attached hydrogens (tertiary/aromatic N) is 1.